The number of rotatable bonds is 2. The molecule has 2 heteroatoms. The molecule has 1 heterocycles. The molecular formula is C14H15NO. The maximum absolute atomic E-state index is 4.93. The molecule has 0 bridgehead atoms. The number of aromatic nitrogens is 1. The zero-order chi connectivity index (χ0) is 11.8. The monoisotopic (exact) mass is 213 g/mol. The van der Waals surface area contributed by atoms with E-state index in [4.69, 9.17) is 4.52 Å². The highest BCUT2D eigenvalue weighted by Crippen LogP contribution is 2.12. The van der Waals surface area contributed by atoms with E-state index in [9.17, 15) is 0 Å². The maximum Gasteiger partial charge on any atom is 0.134 e. The molecule has 2 nitrogen and oxygen atoms in total. The molecular weight excluding hydrogens is 198 g/mol. The van der Waals surface area contributed by atoms with E-state index in [1.165, 1.54) is 0 Å². The molecule has 0 saturated heterocycles. The first-order valence-electron chi connectivity index (χ1n) is 4.99. The Morgan fingerprint density at radius 2 is 1.81 bits per heavy atom. The van der Waals surface area contributed by atoms with Gasteiger partial charge in [-0.2, -0.15) is 0 Å². The fourth-order valence-corrected chi connectivity index (χ4v) is 1.11. The highest BCUT2D eigenvalue weighted by atomic mass is 16.5. The third-order valence-electron chi connectivity index (χ3n) is 1.82. The molecule has 16 heavy (non-hydrogen) atoms. The molecule has 1 aromatic rings. The van der Waals surface area contributed by atoms with Crippen molar-refractivity contribution in [3.05, 3.63) is 72.7 Å². The van der Waals surface area contributed by atoms with Crippen molar-refractivity contribution in [2.45, 2.75) is 6.92 Å². The van der Waals surface area contributed by atoms with Crippen molar-refractivity contribution < 1.29 is 4.52 Å². The van der Waals surface area contributed by atoms with Gasteiger partial charge in [0.1, 0.15) is 11.5 Å². The largest absolute Gasteiger partial charge is 0.361 e. The highest BCUT2D eigenvalue weighted by Gasteiger charge is 1.97. The third kappa shape index (κ3) is 3.96. The van der Waals surface area contributed by atoms with Crippen LogP contribution in [0.4, 0.5) is 0 Å². The van der Waals surface area contributed by atoms with Gasteiger partial charge in [-0.25, -0.2) is 0 Å². The second-order valence-electron chi connectivity index (χ2n) is 3.20. The Kier molecular flexibility index (Phi) is 4.80. The molecule has 0 amide bonds. The Bertz CT molecular complexity index is 427. The molecule has 82 valence electrons. The van der Waals surface area contributed by atoms with Crippen LogP contribution >= 0.6 is 0 Å². The van der Waals surface area contributed by atoms with Gasteiger partial charge in [0.05, 0.1) is 0 Å². The van der Waals surface area contributed by atoms with Gasteiger partial charge in [0, 0.05) is 6.07 Å². The minimum atomic E-state index is 0.841. The van der Waals surface area contributed by atoms with Crippen molar-refractivity contribution >= 4 is 6.08 Å². The molecule has 2 rings (SSSR count). The SMILES string of the molecule is C=CC=C.Cc1cc(C=C2C=CC=C2)no1. The van der Waals surface area contributed by atoms with Gasteiger partial charge < -0.3 is 4.52 Å². The second kappa shape index (κ2) is 6.40. The molecule has 1 aliphatic carbocycles. The molecule has 0 unspecified atom stereocenters. The summed E-state index contributed by atoms with van der Waals surface area (Å²) in [6, 6.07) is 1.91. The fraction of sp³-hybridized carbons (Fsp3) is 0.0714. The predicted octanol–water partition coefficient (Wildman–Crippen LogP) is 3.85. The van der Waals surface area contributed by atoms with Crippen LogP contribution in [0.15, 0.2) is 65.8 Å². The lowest BCUT2D eigenvalue weighted by atomic mass is 10.2. The van der Waals surface area contributed by atoms with Crippen LogP contribution in [0.1, 0.15) is 11.5 Å². The van der Waals surface area contributed by atoms with Gasteiger partial charge in [-0.05, 0) is 18.6 Å². The van der Waals surface area contributed by atoms with Crippen LogP contribution in [-0.4, -0.2) is 5.16 Å². The van der Waals surface area contributed by atoms with Crippen molar-refractivity contribution in [2.24, 2.45) is 0 Å². The first-order chi connectivity index (χ1) is 7.76. The molecule has 1 aliphatic rings. The zero-order valence-electron chi connectivity index (χ0n) is 9.39. The van der Waals surface area contributed by atoms with Crippen LogP contribution in [0.3, 0.4) is 0 Å². The van der Waals surface area contributed by atoms with Crippen LogP contribution in [0.25, 0.3) is 6.08 Å². The van der Waals surface area contributed by atoms with E-state index < -0.39 is 0 Å². The molecule has 0 aromatic carbocycles. The van der Waals surface area contributed by atoms with Crippen LogP contribution in [0, 0.1) is 6.92 Å². The third-order valence-corrected chi connectivity index (χ3v) is 1.82. The summed E-state index contributed by atoms with van der Waals surface area (Å²) in [5.41, 5.74) is 2.03. The Hall–Kier alpha value is -2.09. The minimum absolute atomic E-state index is 0.841. The number of hydrogen-bond acceptors (Lipinski definition) is 2. The van der Waals surface area contributed by atoms with Gasteiger partial charge in [-0.15, -0.1) is 0 Å². The first-order valence-corrected chi connectivity index (χ1v) is 4.99. The Morgan fingerprint density at radius 1 is 1.19 bits per heavy atom. The Balaban J connectivity index is 0.000000280. The average Bonchev–Trinajstić information content (AvgIpc) is 2.91. The number of hydrogen-bond donors (Lipinski definition) is 0. The van der Waals surface area contributed by atoms with Crippen molar-refractivity contribution in [1.82, 2.24) is 5.16 Å². The normalized spacial score (nSPS) is 11.9. The number of allylic oxidation sites excluding steroid dienone is 7. The Labute approximate surface area is 96.0 Å². The lowest BCUT2D eigenvalue weighted by molar-refractivity contribution is 0.396. The van der Waals surface area contributed by atoms with Gasteiger partial charge in [0.2, 0.25) is 0 Å². The maximum atomic E-state index is 4.93. The van der Waals surface area contributed by atoms with E-state index >= 15 is 0 Å². The molecule has 0 aliphatic heterocycles. The van der Waals surface area contributed by atoms with E-state index in [1.54, 1.807) is 12.2 Å². The highest BCUT2D eigenvalue weighted by molar-refractivity contribution is 5.59. The van der Waals surface area contributed by atoms with E-state index in [2.05, 4.69) is 18.3 Å². The van der Waals surface area contributed by atoms with Crippen LogP contribution in [0.5, 0.6) is 0 Å². The van der Waals surface area contributed by atoms with Crippen LogP contribution in [0.2, 0.25) is 0 Å². The van der Waals surface area contributed by atoms with Crippen LogP contribution < -0.4 is 0 Å². The Morgan fingerprint density at radius 3 is 2.25 bits per heavy atom. The standard InChI is InChI=1S/C10H9NO.C4H6/c1-8-6-10(11-12-8)7-9-4-2-3-5-9;1-3-4-2/h2-7H,1H3;3-4H,1-2H2. The fourth-order valence-electron chi connectivity index (χ4n) is 1.11. The summed E-state index contributed by atoms with van der Waals surface area (Å²) in [5.74, 6) is 0.841. The summed E-state index contributed by atoms with van der Waals surface area (Å²) in [7, 11) is 0. The summed E-state index contributed by atoms with van der Waals surface area (Å²) < 4.78 is 4.93. The van der Waals surface area contributed by atoms with E-state index in [1.807, 2.05) is 43.4 Å². The lowest BCUT2D eigenvalue weighted by Gasteiger charge is -1.84. The topological polar surface area (TPSA) is 26.0 Å². The molecule has 0 N–H and O–H groups in total. The average molecular weight is 213 g/mol. The molecule has 0 spiro atoms. The minimum Gasteiger partial charge on any atom is -0.361 e. The predicted molar refractivity (Wildman–Crippen MR) is 67.9 cm³/mol. The summed E-state index contributed by atoms with van der Waals surface area (Å²) >= 11 is 0. The summed E-state index contributed by atoms with van der Waals surface area (Å²) in [6.45, 7) is 8.61. The van der Waals surface area contributed by atoms with Crippen LogP contribution in [-0.2, 0) is 0 Å². The van der Waals surface area contributed by atoms with E-state index in [-0.39, 0.29) is 0 Å². The van der Waals surface area contributed by atoms with Gasteiger partial charge in [0.15, 0.2) is 0 Å². The molecule has 0 fully saturated rings. The van der Waals surface area contributed by atoms with E-state index in [0.717, 1.165) is 17.0 Å². The van der Waals surface area contributed by atoms with Gasteiger partial charge in [-0.1, -0.05) is 54.8 Å². The van der Waals surface area contributed by atoms with Crippen molar-refractivity contribution in [3.8, 4) is 0 Å². The lowest BCUT2D eigenvalue weighted by Crippen LogP contribution is -1.70. The zero-order valence-corrected chi connectivity index (χ0v) is 9.39. The summed E-state index contributed by atoms with van der Waals surface area (Å²) in [5, 5.41) is 3.86. The number of aryl methyl sites for hydroxylation is 1. The second-order valence-corrected chi connectivity index (χ2v) is 3.20. The van der Waals surface area contributed by atoms with Gasteiger partial charge in [0.25, 0.3) is 0 Å². The quantitative estimate of drug-likeness (QED) is 0.697. The smallest absolute Gasteiger partial charge is 0.134 e. The molecule has 1 aromatic heterocycles. The summed E-state index contributed by atoms with van der Waals surface area (Å²) in [4.78, 5) is 0. The van der Waals surface area contributed by atoms with Crippen molar-refractivity contribution in [2.75, 3.05) is 0 Å². The number of nitrogens with zero attached hydrogens (tertiary/aromatic N) is 1. The van der Waals surface area contributed by atoms with Gasteiger partial charge in [-0.3, -0.25) is 0 Å². The van der Waals surface area contributed by atoms with E-state index in [0.29, 0.717) is 0 Å². The first kappa shape index (κ1) is 12.0. The summed E-state index contributed by atoms with van der Waals surface area (Å²) in [6.07, 6.45) is 13.3. The van der Waals surface area contributed by atoms with Crippen molar-refractivity contribution in [3.63, 3.8) is 0 Å². The van der Waals surface area contributed by atoms with Gasteiger partial charge >= 0.3 is 0 Å². The van der Waals surface area contributed by atoms with Crippen molar-refractivity contribution in [1.29, 1.82) is 0 Å². The molecule has 0 radical (unpaired) electrons. The molecule has 0 atom stereocenters. The molecule has 0 saturated carbocycles.